The number of nitrogens with zero attached hydrogens (tertiary/aromatic N) is 2. The summed E-state index contributed by atoms with van der Waals surface area (Å²) < 4.78 is 4.77. The maximum atomic E-state index is 11.5. The standard InChI is InChI=1S/C10H12N2O2S/c1-14-9(13)8(7-3-4-7)15-10-11-5-2-6-12-10/h2,5-8H,3-4H2,1H3. The molecule has 1 fully saturated rings. The van der Waals surface area contributed by atoms with Gasteiger partial charge in [-0.2, -0.15) is 0 Å². The third kappa shape index (κ3) is 2.68. The number of thioether (sulfide) groups is 1. The molecule has 0 radical (unpaired) electrons. The highest BCUT2D eigenvalue weighted by Gasteiger charge is 2.38. The van der Waals surface area contributed by atoms with E-state index in [2.05, 4.69) is 9.97 Å². The summed E-state index contributed by atoms with van der Waals surface area (Å²) in [5, 5.41) is 0.497. The molecule has 15 heavy (non-hydrogen) atoms. The van der Waals surface area contributed by atoms with Gasteiger partial charge in [-0.1, -0.05) is 11.8 Å². The Morgan fingerprint density at radius 2 is 2.20 bits per heavy atom. The molecule has 0 aliphatic heterocycles. The van der Waals surface area contributed by atoms with Crippen molar-refractivity contribution in [2.75, 3.05) is 7.11 Å². The molecule has 1 aliphatic rings. The van der Waals surface area contributed by atoms with Crippen molar-refractivity contribution in [3.05, 3.63) is 18.5 Å². The van der Waals surface area contributed by atoms with Crippen molar-refractivity contribution in [1.29, 1.82) is 0 Å². The van der Waals surface area contributed by atoms with Crippen molar-refractivity contribution in [3.63, 3.8) is 0 Å². The minimum atomic E-state index is -0.171. The van der Waals surface area contributed by atoms with Gasteiger partial charge in [0.15, 0.2) is 5.16 Å². The molecule has 0 bridgehead atoms. The molecule has 1 aliphatic carbocycles. The van der Waals surface area contributed by atoms with Crippen molar-refractivity contribution in [3.8, 4) is 0 Å². The van der Waals surface area contributed by atoms with E-state index in [1.54, 1.807) is 18.5 Å². The van der Waals surface area contributed by atoms with Gasteiger partial charge in [-0.15, -0.1) is 0 Å². The molecule has 80 valence electrons. The first-order valence-corrected chi connectivity index (χ1v) is 5.70. The van der Waals surface area contributed by atoms with Crippen molar-refractivity contribution in [2.24, 2.45) is 5.92 Å². The van der Waals surface area contributed by atoms with Gasteiger partial charge in [-0.05, 0) is 24.8 Å². The summed E-state index contributed by atoms with van der Waals surface area (Å²) in [6.07, 6.45) is 5.55. The molecule has 5 heteroatoms. The van der Waals surface area contributed by atoms with Gasteiger partial charge in [0, 0.05) is 12.4 Å². The molecule has 1 aromatic rings. The average Bonchev–Trinajstić information content (AvgIpc) is 3.10. The Labute approximate surface area is 92.5 Å². The van der Waals surface area contributed by atoms with Crippen molar-refractivity contribution >= 4 is 17.7 Å². The summed E-state index contributed by atoms with van der Waals surface area (Å²) in [6.45, 7) is 0. The van der Waals surface area contributed by atoms with Gasteiger partial charge in [-0.3, -0.25) is 4.79 Å². The zero-order valence-electron chi connectivity index (χ0n) is 8.42. The SMILES string of the molecule is COC(=O)C(Sc1ncccn1)C1CC1. The molecule has 0 saturated heterocycles. The maximum absolute atomic E-state index is 11.5. The number of rotatable bonds is 4. The monoisotopic (exact) mass is 224 g/mol. The fourth-order valence-corrected chi connectivity index (χ4v) is 2.44. The molecule has 0 amide bonds. The summed E-state index contributed by atoms with van der Waals surface area (Å²) in [4.78, 5) is 19.7. The second-order valence-corrected chi connectivity index (χ2v) is 4.54. The normalized spacial score (nSPS) is 17.1. The van der Waals surface area contributed by atoms with Gasteiger partial charge < -0.3 is 4.74 Å². The molecule has 0 aromatic carbocycles. The largest absolute Gasteiger partial charge is 0.468 e. The van der Waals surface area contributed by atoms with Crippen molar-refractivity contribution in [1.82, 2.24) is 9.97 Å². The van der Waals surface area contributed by atoms with E-state index in [0.29, 0.717) is 11.1 Å². The summed E-state index contributed by atoms with van der Waals surface area (Å²) in [5.41, 5.74) is 0. The second kappa shape index (κ2) is 4.61. The van der Waals surface area contributed by atoms with E-state index in [-0.39, 0.29) is 11.2 Å². The van der Waals surface area contributed by atoms with E-state index in [1.807, 2.05) is 0 Å². The summed E-state index contributed by atoms with van der Waals surface area (Å²) in [7, 11) is 1.42. The molecule has 0 N–H and O–H groups in total. The lowest BCUT2D eigenvalue weighted by Gasteiger charge is -2.11. The molecule has 1 aromatic heterocycles. The molecule has 2 rings (SSSR count). The lowest BCUT2D eigenvalue weighted by atomic mass is 10.3. The van der Waals surface area contributed by atoms with E-state index >= 15 is 0 Å². The van der Waals surface area contributed by atoms with Crippen LogP contribution in [0.25, 0.3) is 0 Å². The van der Waals surface area contributed by atoms with Crippen LogP contribution in [0, 0.1) is 5.92 Å². The Morgan fingerprint density at radius 1 is 1.53 bits per heavy atom. The van der Waals surface area contributed by atoms with Crippen molar-refractivity contribution < 1.29 is 9.53 Å². The highest BCUT2D eigenvalue weighted by Crippen LogP contribution is 2.41. The summed E-state index contributed by atoms with van der Waals surface area (Å²) in [6, 6.07) is 1.76. The van der Waals surface area contributed by atoms with Gasteiger partial charge in [0.1, 0.15) is 5.25 Å². The van der Waals surface area contributed by atoms with E-state index < -0.39 is 0 Å². The number of aromatic nitrogens is 2. The smallest absolute Gasteiger partial charge is 0.319 e. The van der Waals surface area contributed by atoms with Gasteiger partial charge in [-0.25, -0.2) is 9.97 Å². The number of esters is 1. The molecular weight excluding hydrogens is 212 g/mol. The quantitative estimate of drug-likeness (QED) is 0.441. The van der Waals surface area contributed by atoms with Crippen LogP contribution in [0.15, 0.2) is 23.6 Å². The Hall–Kier alpha value is -1.10. The van der Waals surface area contributed by atoms with Gasteiger partial charge in [0.25, 0.3) is 0 Å². The summed E-state index contributed by atoms with van der Waals surface area (Å²) in [5.74, 6) is 0.265. The van der Waals surface area contributed by atoms with E-state index in [1.165, 1.54) is 18.9 Å². The van der Waals surface area contributed by atoms with E-state index in [0.717, 1.165) is 12.8 Å². The number of hydrogen-bond acceptors (Lipinski definition) is 5. The third-order valence-electron chi connectivity index (χ3n) is 2.26. The van der Waals surface area contributed by atoms with Crippen LogP contribution < -0.4 is 0 Å². The minimum absolute atomic E-state index is 0.141. The molecule has 4 nitrogen and oxygen atoms in total. The third-order valence-corrected chi connectivity index (χ3v) is 3.51. The number of ether oxygens (including phenoxy) is 1. The Bertz CT molecular complexity index is 341. The van der Waals surface area contributed by atoms with Crippen LogP contribution in [-0.4, -0.2) is 28.3 Å². The molecular formula is C10H12N2O2S. The van der Waals surface area contributed by atoms with Gasteiger partial charge in [0.05, 0.1) is 7.11 Å². The first kappa shape index (κ1) is 10.4. The van der Waals surface area contributed by atoms with E-state index in [9.17, 15) is 4.79 Å². The predicted octanol–water partition coefficient (Wildman–Crippen LogP) is 1.52. The zero-order valence-corrected chi connectivity index (χ0v) is 9.24. The Balaban J connectivity index is 2.04. The second-order valence-electron chi connectivity index (χ2n) is 3.43. The summed E-state index contributed by atoms with van der Waals surface area (Å²) >= 11 is 1.40. The van der Waals surface area contributed by atoms with Gasteiger partial charge in [0.2, 0.25) is 0 Å². The topological polar surface area (TPSA) is 52.1 Å². The predicted molar refractivity (Wildman–Crippen MR) is 56.4 cm³/mol. The average molecular weight is 224 g/mol. The highest BCUT2D eigenvalue weighted by molar-refractivity contribution is 8.00. The van der Waals surface area contributed by atoms with Crippen LogP contribution in [0.5, 0.6) is 0 Å². The Morgan fingerprint density at radius 3 is 2.73 bits per heavy atom. The van der Waals surface area contributed by atoms with Crippen LogP contribution in [0.1, 0.15) is 12.8 Å². The zero-order chi connectivity index (χ0) is 10.7. The molecule has 1 atom stereocenters. The molecule has 0 spiro atoms. The first-order valence-electron chi connectivity index (χ1n) is 4.83. The highest BCUT2D eigenvalue weighted by atomic mass is 32.2. The fraction of sp³-hybridized carbons (Fsp3) is 0.500. The van der Waals surface area contributed by atoms with Crippen LogP contribution >= 0.6 is 11.8 Å². The molecule has 1 saturated carbocycles. The molecule has 1 unspecified atom stereocenters. The number of methoxy groups -OCH3 is 1. The van der Waals surface area contributed by atoms with Crippen LogP contribution in [0.4, 0.5) is 0 Å². The number of carbonyl (C=O) groups excluding carboxylic acids is 1. The van der Waals surface area contributed by atoms with E-state index in [4.69, 9.17) is 4.74 Å². The van der Waals surface area contributed by atoms with Crippen molar-refractivity contribution in [2.45, 2.75) is 23.2 Å². The Kier molecular flexibility index (Phi) is 3.20. The molecule has 1 heterocycles. The lowest BCUT2D eigenvalue weighted by Crippen LogP contribution is -2.21. The van der Waals surface area contributed by atoms with Crippen LogP contribution in [-0.2, 0) is 9.53 Å². The number of hydrogen-bond donors (Lipinski definition) is 0. The van der Waals surface area contributed by atoms with Gasteiger partial charge >= 0.3 is 5.97 Å². The maximum Gasteiger partial charge on any atom is 0.319 e. The van der Waals surface area contributed by atoms with Crippen LogP contribution in [0.2, 0.25) is 0 Å². The first-order chi connectivity index (χ1) is 7.31. The minimum Gasteiger partial charge on any atom is -0.468 e. The lowest BCUT2D eigenvalue weighted by molar-refractivity contribution is -0.140. The fourth-order valence-electron chi connectivity index (χ4n) is 1.31. The van der Waals surface area contributed by atoms with Crippen LogP contribution in [0.3, 0.4) is 0 Å². The number of carbonyl (C=O) groups is 1.